The van der Waals surface area contributed by atoms with Crippen molar-refractivity contribution in [1.29, 1.82) is 0 Å². The molecule has 0 spiro atoms. The van der Waals surface area contributed by atoms with Crippen molar-refractivity contribution < 1.29 is 0 Å². The minimum atomic E-state index is 0.309. The minimum Gasteiger partial charge on any atom is -0.387 e. The first kappa shape index (κ1) is 9.37. The molecular weight excluding hydrogens is 146 g/mol. The maximum atomic E-state index is 3.27. The molecule has 0 atom stereocenters. The van der Waals surface area contributed by atoms with Gasteiger partial charge in [-0.05, 0) is 35.3 Å². The zero-order valence-electron chi connectivity index (χ0n) is 8.57. The normalized spacial score (nSPS) is 18.0. The van der Waals surface area contributed by atoms with E-state index in [1.54, 1.807) is 5.57 Å². The van der Waals surface area contributed by atoms with Crippen LogP contribution in [-0.4, -0.2) is 6.54 Å². The van der Waals surface area contributed by atoms with E-state index in [0.29, 0.717) is 5.41 Å². The lowest BCUT2D eigenvalue weighted by molar-refractivity contribution is 0.479. The Balaban J connectivity index is 2.96. The predicted molar refractivity (Wildman–Crippen MR) is 53.9 cm³/mol. The SMILES string of the molecule is CCC1=C(C(C)(C)C)CNC=C1. The third-order valence-corrected chi connectivity index (χ3v) is 2.36. The summed E-state index contributed by atoms with van der Waals surface area (Å²) in [5.74, 6) is 0. The Kier molecular flexibility index (Phi) is 2.61. The van der Waals surface area contributed by atoms with Gasteiger partial charge < -0.3 is 5.32 Å². The van der Waals surface area contributed by atoms with Gasteiger partial charge in [-0.1, -0.05) is 27.7 Å². The maximum absolute atomic E-state index is 3.27. The van der Waals surface area contributed by atoms with E-state index in [1.165, 1.54) is 5.57 Å². The van der Waals surface area contributed by atoms with E-state index in [4.69, 9.17) is 0 Å². The molecule has 0 saturated carbocycles. The number of hydrogen-bond donors (Lipinski definition) is 1. The molecule has 1 aliphatic heterocycles. The van der Waals surface area contributed by atoms with Gasteiger partial charge in [-0.3, -0.25) is 0 Å². The van der Waals surface area contributed by atoms with Gasteiger partial charge in [0.1, 0.15) is 0 Å². The van der Waals surface area contributed by atoms with Crippen LogP contribution in [0.2, 0.25) is 0 Å². The van der Waals surface area contributed by atoms with E-state index < -0.39 is 0 Å². The first-order chi connectivity index (χ1) is 5.55. The van der Waals surface area contributed by atoms with E-state index in [-0.39, 0.29) is 0 Å². The lowest BCUT2D eigenvalue weighted by atomic mass is 9.81. The van der Waals surface area contributed by atoms with Crippen LogP contribution >= 0.6 is 0 Å². The van der Waals surface area contributed by atoms with Crippen LogP contribution in [0.1, 0.15) is 34.1 Å². The average Bonchev–Trinajstić information content (AvgIpc) is 2.03. The maximum Gasteiger partial charge on any atom is 0.0365 e. The van der Waals surface area contributed by atoms with E-state index in [0.717, 1.165) is 13.0 Å². The molecule has 0 bridgehead atoms. The molecule has 1 rings (SSSR count). The van der Waals surface area contributed by atoms with Crippen LogP contribution in [0, 0.1) is 5.41 Å². The molecule has 12 heavy (non-hydrogen) atoms. The summed E-state index contributed by atoms with van der Waals surface area (Å²) < 4.78 is 0. The molecule has 1 N–H and O–H groups in total. The fraction of sp³-hybridized carbons (Fsp3) is 0.636. The average molecular weight is 165 g/mol. The Morgan fingerprint density at radius 1 is 1.42 bits per heavy atom. The highest BCUT2D eigenvalue weighted by Gasteiger charge is 2.20. The van der Waals surface area contributed by atoms with Crippen LogP contribution in [-0.2, 0) is 0 Å². The second-order valence-corrected chi connectivity index (χ2v) is 4.32. The van der Waals surface area contributed by atoms with Gasteiger partial charge in [0.2, 0.25) is 0 Å². The van der Waals surface area contributed by atoms with E-state index in [2.05, 4.69) is 39.1 Å². The van der Waals surface area contributed by atoms with Crippen molar-refractivity contribution in [3.8, 4) is 0 Å². The molecule has 0 aromatic heterocycles. The lowest BCUT2D eigenvalue weighted by Crippen LogP contribution is -2.24. The Bertz CT molecular complexity index is 216. The summed E-state index contributed by atoms with van der Waals surface area (Å²) >= 11 is 0. The van der Waals surface area contributed by atoms with Crippen molar-refractivity contribution in [2.45, 2.75) is 34.1 Å². The first-order valence-electron chi connectivity index (χ1n) is 4.68. The molecule has 0 aromatic rings. The summed E-state index contributed by atoms with van der Waals surface area (Å²) in [6, 6.07) is 0. The Morgan fingerprint density at radius 2 is 2.08 bits per heavy atom. The summed E-state index contributed by atoms with van der Waals surface area (Å²) in [6.07, 6.45) is 5.39. The molecule has 0 aliphatic carbocycles. The van der Waals surface area contributed by atoms with Crippen molar-refractivity contribution >= 4 is 0 Å². The van der Waals surface area contributed by atoms with Crippen LogP contribution in [0.4, 0.5) is 0 Å². The Morgan fingerprint density at radius 3 is 2.50 bits per heavy atom. The number of nitrogens with one attached hydrogen (secondary N) is 1. The largest absolute Gasteiger partial charge is 0.387 e. The van der Waals surface area contributed by atoms with Gasteiger partial charge in [0.25, 0.3) is 0 Å². The highest BCUT2D eigenvalue weighted by Crippen LogP contribution is 2.30. The topological polar surface area (TPSA) is 12.0 Å². The lowest BCUT2D eigenvalue weighted by Gasteiger charge is -2.28. The molecule has 0 aromatic carbocycles. The molecule has 0 fully saturated rings. The highest BCUT2D eigenvalue weighted by molar-refractivity contribution is 5.32. The summed E-state index contributed by atoms with van der Waals surface area (Å²) in [5, 5.41) is 3.27. The quantitative estimate of drug-likeness (QED) is 0.630. The van der Waals surface area contributed by atoms with E-state index in [9.17, 15) is 0 Å². The second kappa shape index (κ2) is 3.34. The molecule has 1 heteroatoms. The van der Waals surface area contributed by atoms with Crippen LogP contribution in [0.15, 0.2) is 23.4 Å². The fourth-order valence-corrected chi connectivity index (χ4v) is 1.61. The number of dihydropyridines is 1. The molecule has 68 valence electrons. The summed E-state index contributed by atoms with van der Waals surface area (Å²) in [7, 11) is 0. The number of allylic oxidation sites excluding steroid dienone is 2. The van der Waals surface area contributed by atoms with E-state index in [1.807, 2.05) is 6.20 Å². The monoisotopic (exact) mass is 165 g/mol. The van der Waals surface area contributed by atoms with Gasteiger partial charge in [-0.25, -0.2) is 0 Å². The van der Waals surface area contributed by atoms with E-state index >= 15 is 0 Å². The smallest absolute Gasteiger partial charge is 0.0365 e. The van der Waals surface area contributed by atoms with Crippen molar-refractivity contribution in [2.75, 3.05) is 6.54 Å². The molecule has 1 heterocycles. The van der Waals surface area contributed by atoms with Crippen molar-refractivity contribution in [3.63, 3.8) is 0 Å². The second-order valence-electron chi connectivity index (χ2n) is 4.32. The number of hydrogen-bond acceptors (Lipinski definition) is 1. The third kappa shape index (κ3) is 1.90. The fourth-order valence-electron chi connectivity index (χ4n) is 1.61. The van der Waals surface area contributed by atoms with Crippen LogP contribution < -0.4 is 5.32 Å². The molecular formula is C11H19N. The van der Waals surface area contributed by atoms with Gasteiger partial charge in [-0.15, -0.1) is 0 Å². The van der Waals surface area contributed by atoms with Crippen molar-refractivity contribution in [1.82, 2.24) is 5.32 Å². The third-order valence-electron chi connectivity index (χ3n) is 2.36. The van der Waals surface area contributed by atoms with Crippen LogP contribution in [0.3, 0.4) is 0 Å². The standard InChI is InChI=1S/C11H19N/c1-5-9-6-7-12-8-10(9)11(2,3)4/h6-7,12H,5,8H2,1-4H3. The summed E-state index contributed by atoms with van der Waals surface area (Å²) in [5.41, 5.74) is 3.36. The zero-order chi connectivity index (χ0) is 9.19. The van der Waals surface area contributed by atoms with Gasteiger partial charge >= 0.3 is 0 Å². The minimum absolute atomic E-state index is 0.309. The van der Waals surface area contributed by atoms with Crippen LogP contribution in [0.5, 0.6) is 0 Å². The Hall–Kier alpha value is -0.720. The molecule has 1 aliphatic rings. The Labute approximate surface area is 75.6 Å². The molecule has 0 unspecified atom stereocenters. The van der Waals surface area contributed by atoms with Gasteiger partial charge in [0.15, 0.2) is 0 Å². The molecule has 0 amide bonds. The van der Waals surface area contributed by atoms with Crippen molar-refractivity contribution in [2.24, 2.45) is 5.41 Å². The molecule has 0 radical (unpaired) electrons. The van der Waals surface area contributed by atoms with Gasteiger partial charge in [0.05, 0.1) is 0 Å². The zero-order valence-corrected chi connectivity index (χ0v) is 8.57. The highest BCUT2D eigenvalue weighted by atomic mass is 14.8. The summed E-state index contributed by atoms with van der Waals surface area (Å²) in [4.78, 5) is 0. The molecule has 1 nitrogen and oxygen atoms in total. The van der Waals surface area contributed by atoms with Gasteiger partial charge in [0, 0.05) is 6.54 Å². The predicted octanol–water partition coefficient (Wildman–Crippen LogP) is 2.86. The van der Waals surface area contributed by atoms with Gasteiger partial charge in [-0.2, -0.15) is 0 Å². The number of rotatable bonds is 1. The molecule has 0 saturated heterocycles. The van der Waals surface area contributed by atoms with Crippen LogP contribution in [0.25, 0.3) is 0 Å². The van der Waals surface area contributed by atoms with Crippen molar-refractivity contribution in [3.05, 3.63) is 23.4 Å². The first-order valence-corrected chi connectivity index (χ1v) is 4.68. The summed E-state index contributed by atoms with van der Waals surface area (Å²) in [6.45, 7) is 10.1.